The van der Waals surface area contributed by atoms with Gasteiger partial charge in [0.15, 0.2) is 0 Å². The average Bonchev–Trinajstić information content (AvgIpc) is 2.23. The van der Waals surface area contributed by atoms with Gasteiger partial charge in [0.25, 0.3) is 0 Å². The van der Waals surface area contributed by atoms with Gasteiger partial charge in [0.05, 0.1) is 5.02 Å². The van der Waals surface area contributed by atoms with Gasteiger partial charge in [-0.1, -0.05) is 17.7 Å². The fourth-order valence-electron chi connectivity index (χ4n) is 1.22. The highest BCUT2D eigenvalue weighted by molar-refractivity contribution is 6.30. The lowest BCUT2D eigenvalue weighted by atomic mass is 10.1. The van der Waals surface area contributed by atoms with E-state index in [1.807, 2.05) is 12.1 Å². The molecule has 0 aliphatic heterocycles. The maximum Gasteiger partial charge on any atom is 0.142 e. The highest BCUT2D eigenvalue weighted by atomic mass is 35.5. The molecular formula is C11H7ClFN. The van der Waals surface area contributed by atoms with Crippen LogP contribution in [0.4, 0.5) is 4.39 Å². The summed E-state index contributed by atoms with van der Waals surface area (Å²) in [5.41, 5.74) is 1.73. The second-order valence-electron chi connectivity index (χ2n) is 2.86. The minimum absolute atomic E-state index is 0.141. The molecule has 0 spiro atoms. The highest BCUT2D eigenvalue weighted by Crippen LogP contribution is 2.23. The first-order valence-electron chi connectivity index (χ1n) is 4.13. The summed E-state index contributed by atoms with van der Waals surface area (Å²) >= 11 is 5.58. The number of aromatic nitrogens is 1. The van der Waals surface area contributed by atoms with E-state index >= 15 is 0 Å². The van der Waals surface area contributed by atoms with E-state index in [9.17, 15) is 4.39 Å². The average molecular weight is 208 g/mol. The third kappa shape index (κ3) is 1.75. The van der Waals surface area contributed by atoms with Gasteiger partial charge >= 0.3 is 0 Å². The zero-order valence-corrected chi connectivity index (χ0v) is 8.00. The summed E-state index contributed by atoms with van der Waals surface area (Å²) in [5, 5.41) is 0.141. The molecule has 0 N–H and O–H groups in total. The molecule has 0 bridgehead atoms. The Morgan fingerprint density at radius 2 is 1.71 bits per heavy atom. The largest absolute Gasteiger partial charge is 0.265 e. The smallest absolute Gasteiger partial charge is 0.142 e. The topological polar surface area (TPSA) is 12.9 Å². The van der Waals surface area contributed by atoms with Crippen molar-refractivity contribution < 1.29 is 4.39 Å². The van der Waals surface area contributed by atoms with Crippen LogP contribution in [0.25, 0.3) is 11.1 Å². The van der Waals surface area contributed by atoms with Crippen molar-refractivity contribution in [3.05, 3.63) is 53.6 Å². The number of hydrogen-bond acceptors (Lipinski definition) is 1. The van der Waals surface area contributed by atoms with Crippen molar-refractivity contribution in [3.63, 3.8) is 0 Å². The van der Waals surface area contributed by atoms with Gasteiger partial charge in [0.1, 0.15) is 5.82 Å². The highest BCUT2D eigenvalue weighted by Gasteiger charge is 2.02. The molecule has 70 valence electrons. The fraction of sp³-hybridized carbons (Fsp3) is 0. The molecule has 0 amide bonds. The van der Waals surface area contributed by atoms with Gasteiger partial charge in [-0.15, -0.1) is 0 Å². The zero-order valence-electron chi connectivity index (χ0n) is 7.24. The third-order valence-electron chi connectivity index (χ3n) is 1.93. The molecule has 0 atom stereocenters. The predicted molar refractivity (Wildman–Crippen MR) is 54.6 cm³/mol. The van der Waals surface area contributed by atoms with Crippen molar-refractivity contribution in [1.82, 2.24) is 4.98 Å². The van der Waals surface area contributed by atoms with E-state index in [0.717, 1.165) is 11.1 Å². The molecule has 0 saturated heterocycles. The molecule has 2 rings (SSSR count). The Bertz CT molecular complexity index is 442. The van der Waals surface area contributed by atoms with Crippen molar-refractivity contribution in [2.24, 2.45) is 0 Å². The molecular weight excluding hydrogens is 201 g/mol. The summed E-state index contributed by atoms with van der Waals surface area (Å²) in [6, 6.07) is 8.39. The molecule has 3 heteroatoms. The molecule has 0 radical (unpaired) electrons. The molecule has 1 heterocycles. The number of pyridine rings is 1. The molecule has 0 aliphatic carbocycles. The SMILES string of the molecule is Fc1cc(-c2ccncc2)ccc1Cl. The Labute approximate surface area is 86.2 Å². The maximum absolute atomic E-state index is 13.1. The molecule has 0 fully saturated rings. The minimum atomic E-state index is -0.402. The summed E-state index contributed by atoms with van der Waals surface area (Å²) < 4.78 is 13.1. The van der Waals surface area contributed by atoms with Crippen molar-refractivity contribution in [2.45, 2.75) is 0 Å². The van der Waals surface area contributed by atoms with E-state index in [4.69, 9.17) is 11.6 Å². The zero-order chi connectivity index (χ0) is 9.97. The second kappa shape index (κ2) is 3.76. The molecule has 0 unspecified atom stereocenters. The Morgan fingerprint density at radius 3 is 2.36 bits per heavy atom. The van der Waals surface area contributed by atoms with Crippen LogP contribution in [0.2, 0.25) is 5.02 Å². The molecule has 1 aromatic heterocycles. The quantitative estimate of drug-likeness (QED) is 0.697. The van der Waals surface area contributed by atoms with E-state index in [2.05, 4.69) is 4.98 Å². The third-order valence-corrected chi connectivity index (χ3v) is 2.24. The minimum Gasteiger partial charge on any atom is -0.265 e. The molecule has 14 heavy (non-hydrogen) atoms. The van der Waals surface area contributed by atoms with E-state index in [-0.39, 0.29) is 5.02 Å². The van der Waals surface area contributed by atoms with E-state index in [1.165, 1.54) is 6.07 Å². The van der Waals surface area contributed by atoms with Crippen LogP contribution in [-0.4, -0.2) is 4.98 Å². The van der Waals surface area contributed by atoms with Crippen molar-refractivity contribution in [3.8, 4) is 11.1 Å². The number of hydrogen-bond donors (Lipinski definition) is 0. The van der Waals surface area contributed by atoms with Gasteiger partial charge in [0.2, 0.25) is 0 Å². The standard InChI is InChI=1S/C11H7ClFN/c12-10-2-1-9(7-11(10)13)8-3-5-14-6-4-8/h1-7H. The van der Waals surface area contributed by atoms with Gasteiger partial charge in [-0.2, -0.15) is 0 Å². The first-order valence-corrected chi connectivity index (χ1v) is 4.50. The van der Waals surface area contributed by atoms with E-state index in [0.29, 0.717) is 0 Å². The van der Waals surface area contributed by atoms with E-state index in [1.54, 1.807) is 24.5 Å². The molecule has 1 nitrogen and oxygen atoms in total. The summed E-state index contributed by atoms with van der Waals surface area (Å²) in [7, 11) is 0. The number of rotatable bonds is 1. The van der Waals surface area contributed by atoms with Crippen LogP contribution in [0.3, 0.4) is 0 Å². The monoisotopic (exact) mass is 207 g/mol. The van der Waals surface area contributed by atoms with Crippen LogP contribution in [0.1, 0.15) is 0 Å². The molecule has 1 aromatic carbocycles. The van der Waals surface area contributed by atoms with Gasteiger partial charge in [-0.25, -0.2) is 4.39 Å². The summed E-state index contributed by atoms with van der Waals surface area (Å²) in [5.74, 6) is -0.402. The van der Waals surface area contributed by atoms with Crippen LogP contribution in [0.15, 0.2) is 42.7 Å². The van der Waals surface area contributed by atoms with Gasteiger partial charge in [-0.05, 0) is 35.4 Å². The van der Waals surface area contributed by atoms with Crippen LogP contribution >= 0.6 is 11.6 Å². The van der Waals surface area contributed by atoms with Crippen LogP contribution in [-0.2, 0) is 0 Å². The molecule has 0 aliphatic rings. The van der Waals surface area contributed by atoms with Crippen molar-refractivity contribution >= 4 is 11.6 Å². The van der Waals surface area contributed by atoms with Gasteiger partial charge in [0, 0.05) is 12.4 Å². The Kier molecular flexibility index (Phi) is 2.46. The van der Waals surface area contributed by atoms with Gasteiger partial charge < -0.3 is 0 Å². The number of benzene rings is 1. The molecule has 0 saturated carbocycles. The lowest BCUT2D eigenvalue weighted by molar-refractivity contribution is 0.629. The number of nitrogens with zero attached hydrogens (tertiary/aromatic N) is 1. The Morgan fingerprint density at radius 1 is 1.00 bits per heavy atom. The summed E-state index contributed by atoms with van der Waals surface area (Å²) in [4.78, 5) is 3.89. The first kappa shape index (κ1) is 9.16. The van der Waals surface area contributed by atoms with Crippen LogP contribution in [0.5, 0.6) is 0 Å². The molecule has 2 aromatic rings. The maximum atomic E-state index is 13.1. The lowest BCUT2D eigenvalue weighted by Gasteiger charge is -2.01. The lowest BCUT2D eigenvalue weighted by Crippen LogP contribution is -1.81. The normalized spacial score (nSPS) is 10.1. The van der Waals surface area contributed by atoms with E-state index < -0.39 is 5.82 Å². The predicted octanol–water partition coefficient (Wildman–Crippen LogP) is 3.54. The fourth-order valence-corrected chi connectivity index (χ4v) is 1.34. The Balaban J connectivity index is 2.48. The van der Waals surface area contributed by atoms with Crippen LogP contribution in [0, 0.1) is 5.82 Å². The van der Waals surface area contributed by atoms with Gasteiger partial charge in [-0.3, -0.25) is 4.98 Å². The van der Waals surface area contributed by atoms with Crippen molar-refractivity contribution in [2.75, 3.05) is 0 Å². The summed E-state index contributed by atoms with van der Waals surface area (Å²) in [6.45, 7) is 0. The van der Waals surface area contributed by atoms with Crippen LogP contribution < -0.4 is 0 Å². The summed E-state index contributed by atoms with van der Waals surface area (Å²) in [6.07, 6.45) is 3.34. The first-order chi connectivity index (χ1) is 6.77. The Hall–Kier alpha value is -1.41. The van der Waals surface area contributed by atoms with Crippen molar-refractivity contribution in [1.29, 1.82) is 0 Å². The second-order valence-corrected chi connectivity index (χ2v) is 3.27. The number of halogens is 2.